The number of H-pyrrole nitrogens is 1. The number of nitrogens with one attached hydrogen (secondary N) is 1. The lowest BCUT2D eigenvalue weighted by Crippen LogP contribution is -2.44. The molecule has 1 aliphatic heterocycles. The van der Waals surface area contributed by atoms with Crippen LogP contribution >= 0.6 is 11.6 Å². The summed E-state index contributed by atoms with van der Waals surface area (Å²) in [5, 5.41) is 10.9. The molecule has 22 heavy (non-hydrogen) atoms. The third-order valence-corrected chi connectivity index (χ3v) is 4.72. The molecule has 1 aliphatic rings. The van der Waals surface area contributed by atoms with Crippen LogP contribution in [0.25, 0.3) is 10.9 Å². The van der Waals surface area contributed by atoms with Gasteiger partial charge in [0.15, 0.2) is 0 Å². The molecule has 1 unspecified atom stereocenters. The normalized spacial score (nSPS) is 18.8. The molecule has 1 fully saturated rings. The van der Waals surface area contributed by atoms with Gasteiger partial charge in [-0.05, 0) is 43.4 Å². The minimum Gasteiger partial charge on any atom is -0.396 e. The SMILES string of the molecule is O=C(Cc1c[nH]c2cc(Cl)ccc12)N1CCCCC1CCO. The van der Waals surface area contributed by atoms with Crippen molar-refractivity contribution in [3.63, 3.8) is 0 Å². The third-order valence-electron chi connectivity index (χ3n) is 4.48. The van der Waals surface area contributed by atoms with E-state index in [1.165, 1.54) is 0 Å². The van der Waals surface area contributed by atoms with Crippen molar-refractivity contribution in [3.05, 3.63) is 35.0 Å². The number of hydrogen-bond acceptors (Lipinski definition) is 2. The van der Waals surface area contributed by atoms with E-state index in [0.29, 0.717) is 17.9 Å². The minimum atomic E-state index is 0.139. The van der Waals surface area contributed by atoms with Crippen LogP contribution in [0, 0.1) is 0 Å². The fourth-order valence-electron chi connectivity index (χ4n) is 3.35. The van der Waals surface area contributed by atoms with Crippen molar-refractivity contribution >= 4 is 28.4 Å². The van der Waals surface area contributed by atoms with Crippen molar-refractivity contribution in [1.29, 1.82) is 0 Å². The Morgan fingerprint density at radius 3 is 3.09 bits per heavy atom. The van der Waals surface area contributed by atoms with E-state index in [1.54, 1.807) is 0 Å². The number of rotatable bonds is 4. The molecule has 5 heteroatoms. The number of amides is 1. The number of piperidine rings is 1. The maximum Gasteiger partial charge on any atom is 0.227 e. The van der Waals surface area contributed by atoms with Gasteiger partial charge in [0.1, 0.15) is 0 Å². The molecule has 1 aromatic heterocycles. The summed E-state index contributed by atoms with van der Waals surface area (Å²) < 4.78 is 0. The Morgan fingerprint density at radius 1 is 1.41 bits per heavy atom. The van der Waals surface area contributed by atoms with Crippen LogP contribution in [0.1, 0.15) is 31.2 Å². The number of fused-ring (bicyclic) bond motifs is 1. The Morgan fingerprint density at radius 2 is 2.27 bits per heavy atom. The molecule has 118 valence electrons. The van der Waals surface area contributed by atoms with Gasteiger partial charge in [-0.1, -0.05) is 17.7 Å². The first-order chi connectivity index (χ1) is 10.7. The number of halogens is 1. The Kier molecular flexibility index (Phi) is 4.69. The average molecular weight is 321 g/mol. The van der Waals surface area contributed by atoms with Crippen molar-refractivity contribution in [2.75, 3.05) is 13.2 Å². The van der Waals surface area contributed by atoms with Gasteiger partial charge in [0.2, 0.25) is 5.91 Å². The van der Waals surface area contributed by atoms with Crippen LogP contribution < -0.4 is 0 Å². The molecule has 0 spiro atoms. The predicted molar refractivity (Wildman–Crippen MR) is 88.1 cm³/mol. The summed E-state index contributed by atoms with van der Waals surface area (Å²) in [7, 11) is 0. The Hall–Kier alpha value is -1.52. The van der Waals surface area contributed by atoms with Crippen LogP contribution in [0.4, 0.5) is 0 Å². The summed E-state index contributed by atoms with van der Waals surface area (Å²) in [6.07, 6.45) is 6.15. The fraction of sp³-hybridized carbons (Fsp3) is 0.471. The van der Waals surface area contributed by atoms with E-state index < -0.39 is 0 Å². The number of carbonyl (C=O) groups is 1. The largest absolute Gasteiger partial charge is 0.396 e. The van der Waals surface area contributed by atoms with Crippen molar-refractivity contribution in [1.82, 2.24) is 9.88 Å². The molecule has 1 saturated heterocycles. The van der Waals surface area contributed by atoms with E-state index in [4.69, 9.17) is 11.6 Å². The lowest BCUT2D eigenvalue weighted by atomic mass is 9.98. The van der Waals surface area contributed by atoms with Crippen LogP contribution in [0.15, 0.2) is 24.4 Å². The topological polar surface area (TPSA) is 56.3 Å². The number of carbonyl (C=O) groups excluding carboxylic acids is 1. The Bertz CT molecular complexity index is 666. The second-order valence-corrected chi connectivity index (χ2v) is 6.37. The molecule has 0 aliphatic carbocycles. The van der Waals surface area contributed by atoms with Crippen molar-refractivity contribution in [2.24, 2.45) is 0 Å². The number of aromatic nitrogens is 1. The van der Waals surface area contributed by atoms with Gasteiger partial charge in [0, 0.05) is 41.3 Å². The number of benzene rings is 1. The maximum absolute atomic E-state index is 12.7. The number of aliphatic hydroxyl groups is 1. The van der Waals surface area contributed by atoms with Gasteiger partial charge < -0.3 is 15.0 Å². The first kappa shape index (κ1) is 15.4. The van der Waals surface area contributed by atoms with E-state index in [1.807, 2.05) is 29.3 Å². The lowest BCUT2D eigenvalue weighted by molar-refractivity contribution is -0.134. The molecule has 0 saturated carbocycles. The highest BCUT2D eigenvalue weighted by Crippen LogP contribution is 2.25. The average Bonchev–Trinajstić information content (AvgIpc) is 2.90. The zero-order valence-corrected chi connectivity index (χ0v) is 13.3. The Labute approximate surface area is 135 Å². The molecule has 3 rings (SSSR count). The first-order valence-electron chi connectivity index (χ1n) is 7.85. The lowest BCUT2D eigenvalue weighted by Gasteiger charge is -2.35. The van der Waals surface area contributed by atoms with Gasteiger partial charge in [-0.3, -0.25) is 4.79 Å². The number of hydrogen-bond donors (Lipinski definition) is 2. The highest BCUT2D eigenvalue weighted by molar-refractivity contribution is 6.31. The van der Waals surface area contributed by atoms with Gasteiger partial charge in [0.05, 0.1) is 6.42 Å². The van der Waals surface area contributed by atoms with Gasteiger partial charge in [-0.25, -0.2) is 0 Å². The predicted octanol–water partition coefficient (Wildman–Crippen LogP) is 3.13. The Balaban J connectivity index is 1.77. The second kappa shape index (κ2) is 6.71. The number of aromatic amines is 1. The van der Waals surface area contributed by atoms with Crippen LogP contribution in [-0.4, -0.2) is 40.1 Å². The van der Waals surface area contributed by atoms with E-state index in [2.05, 4.69) is 4.98 Å². The zero-order valence-electron chi connectivity index (χ0n) is 12.5. The summed E-state index contributed by atoms with van der Waals surface area (Å²) in [6, 6.07) is 5.87. The standard InChI is InChI=1S/C17H21ClN2O2/c18-13-4-5-15-12(11-19-16(15)10-13)9-17(22)20-7-2-1-3-14(20)6-8-21/h4-5,10-11,14,19,21H,1-3,6-9H2. The summed E-state index contributed by atoms with van der Waals surface area (Å²) in [5.74, 6) is 0.147. The number of nitrogens with zero attached hydrogens (tertiary/aromatic N) is 1. The number of aliphatic hydroxyl groups excluding tert-OH is 1. The summed E-state index contributed by atoms with van der Waals surface area (Å²) in [6.45, 7) is 0.942. The minimum absolute atomic E-state index is 0.139. The summed E-state index contributed by atoms with van der Waals surface area (Å²) in [5.41, 5.74) is 1.96. The molecule has 2 aromatic rings. The van der Waals surface area contributed by atoms with E-state index in [0.717, 1.165) is 42.3 Å². The van der Waals surface area contributed by atoms with Gasteiger partial charge in [0.25, 0.3) is 0 Å². The molecule has 0 bridgehead atoms. The van der Waals surface area contributed by atoms with Crippen LogP contribution in [-0.2, 0) is 11.2 Å². The van der Waals surface area contributed by atoms with Crippen molar-refractivity contribution < 1.29 is 9.90 Å². The fourth-order valence-corrected chi connectivity index (χ4v) is 3.52. The van der Waals surface area contributed by atoms with Gasteiger partial charge in [-0.15, -0.1) is 0 Å². The van der Waals surface area contributed by atoms with Crippen LogP contribution in [0.5, 0.6) is 0 Å². The smallest absolute Gasteiger partial charge is 0.227 e. The highest BCUT2D eigenvalue weighted by Gasteiger charge is 2.26. The molecule has 0 radical (unpaired) electrons. The van der Waals surface area contributed by atoms with Crippen molar-refractivity contribution in [3.8, 4) is 0 Å². The monoisotopic (exact) mass is 320 g/mol. The quantitative estimate of drug-likeness (QED) is 0.909. The molecule has 4 nitrogen and oxygen atoms in total. The van der Waals surface area contributed by atoms with E-state index >= 15 is 0 Å². The molecule has 1 atom stereocenters. The van der Waals surface area contributed by atoms with Crippen LogP contribution in [0.2, 0.25) is 5.02 Å². The van der Waals surface area contributed by atoms with Crippen molar-refractivity contribution in [2.45, 2.75) is 38.1 Å². The highest BCUT2D eigenvalue weighted by atomic mass is 35.5. The summed E-state index contributed by atoms with van der Waals surface area (Å²) in [4.78, 5) is 17.8. The van der Waals surface area contributed by atoms with E-state index in [-0.39, 0.29) is 18.6 Å². The molecule has 2 heterocycles. The van der Waals surface area contributed by atoms with E-state index in [9.17, 15) is 9.90 Å². The van der Waals surface area contributed by atoms with Gasteiger partial charge in [-0.2, -0.15) is 0 Å². The third kappa shape index (κ3) is 3.13. The molecular weight excluding hydrogens is 300 g/mol. The first-order valence-corrected chi connectivity index (χ1v) is 8.22. The van der Waals surface area contributed by atoms with Crippen LogP contribution in [0.3, 0.4) is 0 Å². The summed E-state index contributed by atoms with van der Waals surface area (Å²) >= 11 is 5.99. The number of likely N-dealkylation sites (tertiary alicyclic amines) is 1. The molecule has 2 N–H and O–H groups in total. The molecule has 1 amide bonds. The second-order valence-electron chi connectivity index (χ2n) is 5.93. The molecular formula is C17H21ClN2O2. The van der Waals surface area contributed by atoms with Gasteiger partial charge >= 0.3 is 0 Å². The zero-order chi connectivity index (χ0) is 15.5. The molecule has 1 aromatic carbocycles. The maximum atomic E-state index is 12.7.